The van der Waals surface area contributed by atoms with Crippen molar-refractivity contribution in [3.05, 3.63) is 25.7 Å². The third-order valence-electron chi connectivity index (χ3n) is 6.40. The van der Waals surface area contributed by atoms with E-state index in [1.807, 2.05) is 0 Å². The second-order valence-corrected chi connectivity index (χ2v) is 7.46. The Morgan fingerprint density at radius 1 is 0.792 bits per heavy atom. The summed E-state index contributed by atoms with van der Waals surface area (Å²) in [5, 5.41) is 0. The predicted molar refractivity (Wildman–Crippen MR) is 93.3 cm³/mol. The van der Waals surface area contributed by atoms with Crippen LogP contribution < -0.4 is 0 Å². The van der Waals surface area contributed by atoms with Crippen molar-refractivity contribution >= 4 is 0 Å². The van der Waals surface area contributed by atoms with E-state index in [1.165, 1.54) is 38.2 Å². The van der Waals surface area contributed by atoms with Crippen LogP contribution in [0.5, 0.6) is 0 Å². The maximum Gasteiger partial charge on any atom is 0.111 e. The van der Waals surface area contributed by atoms with E-state index in [-0.39, 0.29) is 0 Å². The summed E-state index contributed by atoms with van der Waals surface area (Å²) < 4.78 is 22.1. The van der Waals surface area contributed by atoms with Gasteiger partial charge in [-0.25, -0.2) is 0 Å². The van der Waals surface area contributed by atoms with Crippen molar-refractivity contribution in [2.45, 2.75) is 25.7 Å². The van der Waals surface area contributed by atoms with Crippen molar-refractivity contribution in [1.82, 2.24) is 0 Å². The Hall–Kier alpha value is -1.00. The highest BCUT2D eigenvalue weighted by Gasteiger charge is 2.56. The minimum Gasteiger partial charge on any atom is -0.499 e. The van der Waals surface area contributed by atoms with Crippen molar-refractivity contribution < 1.29 is 18.9 Å². The van der Waals surface area contributed by atoms with E-state index in [9.17, 15) is 0 Å². The van der Waals surface area contributed by atoms with E-state index < -0.39 is 0 Å². The highest BCUT2D eigenvalue weighted by atomic mass is 16.5. The van der Waals surface area contributed by atoms with Gasteiger partial charge < -0.3 is 18.9 Å². The number of fused-ring (bicyclic) bond motifs is 5. The van der Waals surface area contributed by atoms with E-state index in [1.54, 1.807) is 0 Å². The van der Waals surface area contributed by atoms with Crippen LogP contribution in [0.4, 0.5) is 0 Å². The van der Waals surface area contributed by atoms with Crippen LogP contribution in [-0.2, 0) is 18.9 Å². The first-order valence-corrected chi connectivity index (χ1v) is 9.45. The van der Waals surface area contributed by atoms with Crippen molar-refractivity contribution in [1.29, 1.82) is 0 Å². The summed E-state index contributed by atoms with van der Waals surface area (Å²) in [6, 6.07) is 0. The molecule has 3 fully saturated rings. The maximum atomic E-state index is 5.94. The van der Waals surface area contributed by atoms with Crippen molar-refractivity contribution in [2.75, 3.05) is 39.6 Å². The van der Waals surface area contributed by atoms with Gasteiger partial charge in [0, 0.05) is 6.61 Å². The normalized spacial score (nSPS) is 36.5. The van der Waals surface area contributed by atoms with Crippen LogP contribution in [0.2, 0.25) is 0 Å². The lowest BCUT2D eigenvalue weighted by molar-refractivity contribution is 0.00464. The Morgan fingerprint density at radius 2 is 1.46 bits per heavy atom. The molecule has 0 saturated heterocycles. The van der Waals surface area contributed by atoms with E-state index in [0.717, 1.165) is 36.9 Å². The Balaban J connectivity index is 1.49. The van der Waals surface area contributed by atoms with Gasteiger partial charge in [-0.2, -0.15) is 0 Å². The fraction of sp³-hybridized carbons (Fsp3) is 0.800. The molecule has 24 heavy (non-hydrogen) atoms. The topological polar surface area (TPSA) is 36.9 Å². The van der Waals surface area contributed by atoms with Gasteiger partial charge in [-0.15, -0.1) is 0 Å². The molecule has 4 heteroatoms. The Bertz CT molecular complexity index is 410. The molecule has 0 N–H and O–H groups in total. The fourth-order valence-corrected chi connectivity index (χ4v) is 5.58. The molecule has 2 bridgehead atoms. The lowest BCUT2D eigenvalue weighted by Crippen LogP contribution is -2.29. The van der Waals surface area contributed by atoms with Crippen LogP contribution in [0.15, 0.2) is 25.7 Å². The molecule has 0 aromatic carbocycles. The van der Waals surface area contributed by atoms with Gasteiger partial charge in [0.25, 0.3) is 0 Å². The molecule has 0 radical (unpaired) electrons. The van der Waals surface area contributed by atoms with Gasteiger partial charge in [0.2, 0.25) is 0 Å². The zero-order valence-electron chi connectivity index (χ0n) is 14.7. The summed E-state index contributed by atoms with van der Waals surface area (Å²) in [6.45, 7) is 11.3. The lowest BCUT2D eigenvalue weighted by Gasteiger charge is -2.30. The van der Waals surface area contributed by atoms with Crippen LogP contribution in [0.3, 0.4) is 0 Å². The largest absolute Gasteiger partial charge is 0.499 e. The second kappa shape index (κ2) is 8.91. The predicted octanol–water partition coefficient (Wildman–Crippen LogP) is 3.64. The zero-order valence-corrected chi connectivity index (χ0v) is 14.7. The molecule has 3 saturated carbocycles. The molecule has 3 rings (SSSR count). The van der Waals surface area contributed by atoms with Crippen LogP contribution >= 0.6 is 0 Å². The van der Waals surface area contributed by atoms with Gasteiger partial charge >= 0.3 is 0 Å². The van der Waals surface area contributed by atoms with E-state index in [4.69, 9.17) is 18.9 Å². The molecule has 4 nitrogen and oxygen atoms in total. The molecular formula is C20H32O4. The molecular weight excluding hydrogens is 304 g/mol. The van der Waals surface area contributed by atoms with E-state index in [2.05, 4.69) is 13.2 Å². The molecule has 0 aromatic rings. The van der Waals surface area contributed by atoms with Gasteiger partial charge in [0.05, 0.1) is 32.3 Å². The molecule has 3 aliphatic carbocycles. The fourth-order valence-electron chi connectivity index (χ4n) is 5.58. The third-order valence-corrected chi connectivity index (χ3v) is 6.40. The smallest absolute Gasteiger partial charge is 0.111 e. The SMILES string of the molecule is C=COCCOCC1CC2C3CCC(C3)C2C1COCCOC=C. The Morgan fingerprint density at radius 3 is 2.17 bits per heavy atom. The molecule has 3 aliphatic rings. The van der Waals surface area contributed by atoms with Crippen LogP contribution in [0.25, 0.3) is 0 Å². The van der Waals surface area contributed by atoms with Gasteiger partial charge in [0.1, 0.15) is 13.2 Å². The van der Waals surface area contributed by atoms with Gasteiger partial charge in [-0.05, 0) is 61.2 Å². The average molecular weight is 336 g/mol. The highest BCUT2D eigenvalue weighted by molar-refractivity contribution is 5.05. The zero-order chi connectivity index (χ0) is 16.8. The maximum absolute atomic E-state index is 5.94. The van der Waals surface area contributed by atoms with Gasteiger partial charge in [-0.1, -0.05) is 13.2 Å². The molecule has 0 amide bonds. The summed E-state index contributed by atoms with van der Waals surface area (Å²) in [5.41, 5.74) is 0. The van der Waals surface area contributed by atoms with Crippen LogP contribution in [-0.4, -0.2) is 39.6 Å². The van der Waals surface area contributed by atoms with Gasteiger partial charge in [-0.3, -0.25) is 0 Å². The summed E-state index contributed by atoms with van der Waals surface area (Å²) >= 11 is 0. The number of rotatable bonds is 12. The summed E-state index contributed by atoms with van der Waals surface area (Å²) in [5.74, 6) is 4.97. The Labute approximate surface area is 146 Å². The summed E-state index contributed by atoms with van der Waals surface area (Å²) in [4.78, 5) is 0. The number of ether oxygens (including phenoxy) is 4. The standard InChI is InChI=1S/C20H32O4/c1-3-21-7-9-23-13-17-12-18-15-5-6-16(11-15)20(18)19(17)14-24-10-8-22-4-2/h3-4,15-20H,1-2,5-14H2. The van der Waals surface area contributed by atoms with Crippen molar-refractivity contribution in [3.8, 4) is 0 Å². The molecule has 0 aromatic heterocycles. The van der Waals surface area contributed by atoms with E-state index in [0.29, 0.717) is 38.3 Å². The summed E-state index contributed by atoms with van der Waals surface area (Å²) in [6.07, 6.45) is 8.63. The molecule has 0 aliphatic heterocycles. The van der Waals surface area contributed by atoms with Crippen LogP contribution in [0, 0.1) is 35.5 Å². The second-order valence-electron chi connectivity index (χ2n) is 7.46. The molecule has 136 valence electrons. The average Bonchev–Trinajstić information content (AvgIpc) is 3.27. The monoisotopic (exact) mass is 336 g/mol. The summed E-state index contributed by atoms with van der Waals surface area (Å²) in [7, 11) is 0. The minimum absolute atomic E-state index is 0.592. The first-order valence-electron chi connectivity index (χ1n) is 9.45. The lowest BCUT2D eigenvalue weighted by atomic mass is 9.77. The molecule has 0 heterocycles. The first-order chi connectivity index (χ1) is 11.8. The molecule has 0 spiro atoms. The van der Waals surface area contributed by atoms with Crippen molar-refractivity contribution in [2.24, 2.45) is 35.5 Å². The van der Waals surface area contributed by atoms with Gasteiger partial charge in [0.15, 0.2) is 0 Å². The quantitative estimate of drug-likeness (QED) is 0.403. The van der Waals surface area contributed by atoms with Crippen LogP contribution in [0.1, 0.15) is 25.7 Å². The molecule has 6 atom stereocenters. The van der Waals surface area contributed by atoms with Crippen molar-refractivity contribution in [3.63, 3.8) is 0 Å². The number of hydrogen-bond acceptors (Lipinski definition) is 4. The number of hydrogen-bond donors (Lipinski definition) is 0. The molecule has 6 unspecified atom stereocenters. The minimum atomic E-state index is 0.592. The Kier molecular flexibility index (Phi) is 6.61. The first kappa shape index (κ1) is 17.8. The third kappa shape index (κ3) is 3.97. The highest BCUT2D eigenvalue weighted by Crippen LogP contribution is 2.62. The van der Waals surface area contributed by atoms with E-state index >= 15 is 0 Å².